The van der Waals surface area contributed by atoms with Crippen molar-refractivity contribution in [2.75, 3.05) is 12.8 Å². The second kappa shape index (κ2) is 6.83. The van der Waals surface area contributed by atoms with Crippen LogP contribution in [-0.4, -0.2) is 18.9 Å². The Morgan fingerprint density at radius 1 is 1.08 bits per heavy atom. The monoisotopic (exact) mass is 329 g/mol. The summed E-state index contributed by atoms with van der Waals surface area (Å²) < 4.78 is 19.0. The van der Waals surface area contributed by atoms with Gasteiger partial charge in [0.05, 0.1) is 18.1 Å². The molecule has 0 aliphatic rings. The number of esters is 1. The van der Waals surface area contributed by atoms with Gasteiger partial charge in [0.1, 0.15) is 5.82 Å². The van der Waals surface area contributed by atoms with E-state index in [0.29, 0.717) is 11.3 Å². The summed E-state index contributed by atoms with van der Waals surface area (Å²) in [6.45, 7) is 3.19. The topological polar surface area (TPSA) is 69.4 Å². The number of methoxy groups -OCH3 is 1. The molecule has 2 N–H and O–H groups in total. The Bertz CT molecular complexity index is 767. The van der Waals surface area contributed by atoms with Crippen molar-refractivity contribution in [3.63, 3.8) is 0 Å². The maximum atomic E-state index is 14.4. The van der Waals surface area contributed by atoms with Crippen LogP contribution in [0.4, 0.5) is 10.1 Å². The average molecular weight is 329 g/mol. The van der Waals surface area contributed by atoms with Crippen molar-refractivity contribution in [1.29, 1.82) is 0 Å². The summed E-state index contributed by atoms with van der Waals surface area (Å²) in [6.07, 6.45) is -0.127. The van der Waals surface area contributed by atoms with Crippen molar-refractivity contribution < 1.29 is 18.7 Å². The first-order chi connectivity index (χ1) is 11.2. The lowest BCUT2D eigenvalue weighted by atomic mass is 9.85. The van der Waals surface area contributed by atoms with Gasteiger partial charge in [-0.3, -0.25) is 9.59 Å². The fourth-order valence-electron chi connectivity index (χ4n) is 2.44. The summed E-state index contributed by atoms with van der Waals surface area (Å²) in [4.78, 5) is 24.0. The van der Waals surface area contributed by atoms with Gasteiger partial charge in [-0.2, -0.15) is 0 Å². The molecule has 0 heterocycles. The molecular weight excluding hydrogens is 309 g/mol. The van der Waals surface area contributed by atoms with Crippen molar-refractivity contribution in [2.45, 2.75) is 20.3 Å². The van der Waals surface area contributed by atoms with Gasteiger partial charge in [0.15, 0.2) is 5.78 Å². The van der Waals surface area contributed by atoms with E-state index in [4.69, 9.17) is 5.73 Å². The molecule has 0 unspecified atom stereocenters. The molecule has 5 heteroatoms. The number of halogens is 1. The molecule has 0 aliphatic heterocycles. The van der Waals surface area contributed by atoms with Crippen molar-refractivity contribution in [2.24, 2.45) is 5.41 Å². The molecule has 2 rings (SSSR count). The number of nitrogens with two attached hydrogens (primary N) is 1. The Morgan fingerprint density at radius 3 is 2.21 bits per heavy atom. The zero-order chi connectivity index (χ0) is 17.9. The number of Topliss-reactive ketones (excluding diaryl/α,β-unsaturated/α-hetero) is 1. The third kappa shape index (κ3) is 3.79. The fraction of sp³-hybridized carbons (Fsp3) is 0.263. The zero-order valence-corrected chi connectivity index (χ0v) is 13.9. The highest BCUT2D eigenvalue weighted by Crippen LogP contribution is 2.27. The third-order valence-electron chi connectivity index (χ3n) is 3.85. The Balaban J connectivity index is 2.25. The molecule has 2 aromatic carbocycles. The Kier molecular flexibility index (Phi) is 5.02. The molecule has 0 aliphatic carbocycles. The Morgan fingerprint density at radius 2 is 1.67 bits per heavy atom. The number of carbonyl (C=O) groups excluding carboxylic acids is 2. The predicted octanol–water partition coefficient (Wildman–Crippen LogP) is 3.85. The van der Waals surface area contributed by atoms with Crippen LogP contribution >= 0.6 is 0 Å². The lowest BCUT2D eigenvalue weighted by molar-refractivity contribution is -0.150. The van der Waals surface area contributed by atoms with E-state index in [1.165, 1.54) is 19.2 Å². The third-order valence-corrected chi connectivity index (χ3v) is 3.85. The predicted molar refractivity (Wildman–Crippen MR) is 91.0 cm³/mol. The molecule has 126 valence electrons. The van der Waals surface area contributed by atoms with Crippen LogP contribution in [0.1, 0.15) is 30.6 Å². The second-order valence-corrected chi connectivity index (χ2v) is 6.29. The summed E-state index contributed by atoms with van der Waals surface area (Å²) in [7, 11) is 1.26. The molecule has 24 heavy (non-hydrogen) atoms. The maximum absolute atomic E-state index is 14.4. The summed E-state index contributed by atoms with van der Waals surface area (Å²) in [6, 6.07) is 11.4. The molecule has 0 saturated heterocycles. The van der Waals surface area contributed by atoms with Gasteiger partial charge in [0.25, 0.3) is 0 Å². The first kappa shape index (κ1) is 17.7. The van der Waals surface area contributed by atoms with Crippen molar-refractivity contribution in [3.8, 4) is 11.1 Å². The van der Waals surface area contributed by atoms with Gasteiger partial charge in [-0.1, -0.05) is 18.2 Å². The van der Waals surface area contributed by atoms with Crippen LogP contribution in [0.2, 0.25) is 0 Å². The molecule has 0 saturated carbocycles. The fourth-order valence-corrected chi connectivity index (χ4v) is 2.44. The number of hydrogen-bond acceptors (Lipinski definition) is 4. The van der Waals surface area contributed by atoms with Gasteiger partial charge >= 0.3 is 5.97 Å². The summed E-state index contributed by atoms with van der Waals surface area (Å²) in [5.41, 5.74) is 6.67. The number of ketones is 1. The first-order valence-corrected chi connectivity index (χ1v) is 7.51. The number of hydrogen-bond donors (Lipinski definition) is 1. The Hall–Kier alpha value is -2.69. The van der Waals surface area contributed by atoms with E-state index >= 15 is 0 Å². The van der Waals surface area contributed by atoms with E-state index in [9.17, 15) is 14.0 Å². The van der Waals surface area contributed by atoms with Crippen molar-refractivity contribution in [3.05, 3.63) is 53.8 Å². The average Bonchev–Trinajstić information content (AvgIpc) is 2.54. The molecule has 0 atom stereocenters. The van der Waals surface area contributed by atoms with Gasteiger partial charge in [-0.15, -0.1) is 0 Å². The Labute approximate surface area is 140 Å². The summed E-state index contributed by atoms with van der Waals surface area (Å²) >= 11 is 0. The normalized spacial score (nSPS) is 11.2. The largest absolute Gasteiger partial charge is 0.469 e. The molecule has 4 nitrogen and oxygen atoms in total. The van der Waals surface area contributed by atoms with Crippen molar-refractivity contribution in [1.82, 2.24) is 0 Å². The highest BCUT2D eigenvalue weighted by molar-refractivity contribution is 5.99. The van der Waals surface area contributed by atoms with Crippen LogP contribution in [0.15, 0.2) is 42.5 Å². The lowest BCUT2D eigenvalue weighted by Crippen LogP contribution is -2.28. The van der Waals surface area contributed by atoms with E-state index in [2.05, 4.69) is 4.74 Å². The van der Waals surface area contributed by atoms with Gasteiger partial charge in [-0.05, 0) is 49.2 Å². The van der Waals surface area contributed by atoms with Gasteiger partial charge in [-0.25, -0.2) is 4.39 Å². The van der Waals surface area contributed by atoms with E-state index in [1.807, 2.05) is 0 Å². The molecule has 0 aromatic heterocycles. The van der Waals surface area contributed by atoms with Gasteiger partial charge in [0, 0.05) is 12.1 Å². The van der Waals surface area contributed by atoms with Crippen LogP contribution < -0.4 is 5.73 Å². The second-order valence-electron chi connectivity index (χ2n) is 6.29. The standard InChI is InChI=1S/C19H20FNO3/c1-19(2,18(23)24-3)11-17(22)15-9-6-13(10-16(15)20)12-4-7-14(21)8-5-12/h4-10H,11,21H2,1-3H3. The molecular formula is C19H20FNO3. The molecule has 2 aromatic rings. The minimum Gasteiger partial charge on any atom is -0.469 e. The SMILES string of the molecule is COC(=O)C(C)(C)CC(=O)c1ccc(-c2ccc(N)cc2)cc1F. The number of carbonyl (C=O) groups is 2. The smallest absolute Gasteiger partial charge is 0.311 e. The molecule has 0 spiro atoms. The number of rotatable bonds is 5. The minimum atomic E-state index is -1.01. The lowest BCUT2D eigenvalue weighted by Gasteiger charge is -2.20. The van der Waals surface area contributed by atoms with Gasteiger partial charge in [0.2, 0.25) is 0 Å². The highest BCUT2D eigenvalue weighted by atomic mass is 19.1. The van der Waals surface area contributed by atoms with Crippen LogP contribution in [0.5, 0.6) is 0 Å². The number of benzene rings is 2. The van der Waals surface area contributed by atoms with Crippen molar-refractivity contribution >= 4 is 17.4 Å². The van der Waals surface area contributed by atoms with E-state index < -0.39 is 23.0 Å². The molecule has 0 bridgehead atoms. The minimum absolute atomic E-state index is 0.0360. The number of ether oxygens (including phenoxy) is 1. The quantitative estimate of drug-likeness (QED) is 0.514. The molecule has 0 amide bonds. The maximum Gasteiger partial charge on any atom is 0.311 e. The number of nitrogen functional groups attached to an aromatic ring is 1. The van der Waals surface area contributed by atoms with Crippen LogP contribution in [0, 0.1) is 11.2 Å². The van der Waals surface area contributed by atoms with E-state index in [0.717, 1.165) is 5.56 Å². The highest BCUT2D eigenvalue weighted by Gasteiger charge is 2.32. The summed E-state index contributed by atoms with van der Waals surface area (Å²) in [5.74, 6) is -1.56. The van der Waals surface area contributed by atoms with E-state index in [-0.39, 0.29) is 12.0 Å². The molecule has 0 radical (unpaired) electrons. The number of anilines is 1. The van der Waals surface area contributed by atoms with Crippen LogP contribution in [0.3, 0.4) is 0 Å². The van der Waals surface area contributed by atoms with E-state index in [1.54, 1.807) is 44.2 Å². The van der Waals surface area contributed by atoms with Crippen LogP contribution in [0.25, 0.3) is 11.1 Å². The van der Waals surface area contributed by atoms with Crippen LogP contribution in [-0.2, 0) is 9.53 Å². The molecule has 0 fully saturated rings. The first-order valence-electron chi connectivity index (χ1n) is 7.51. The zero-order valence-electron chi connectivity index (χ0n) is 13.9. The van der Waals surface area contributed by atoms with Gasteiger partial charge < -0.3 is 10.5 Å². The summed E-state index contributed by atoms with van der Waals surface area (Å²) in [5, 5.41) is 0.